The van der Waals surface area contributed by atoms with E-state index in [0.29, 0.717) is 17.7 Å². The van der Waals surface area contributed by atoms with Gasteiger partial charge in [0.1, 0.15) is 29.8 Å². The van der Waals surface area contributed by atoms with Crippen molar-refractivity contribution in [3.05, 3.63) is 72.5 Å². The highest BCUT2D eigenvalue weighted by Crippen LogP contribution is 2.28. The van der Waals surface area contributed by atoms with Crippen molar-refractivity contribution in [1.29, 1.82) is 0 Å². The summed E-state index contributed by atoms with van der Waals surface area (Å²) in [4.78, 5) is 30.9. The molecule has 0 aliphatic carbocycles. The van der Waals surface area contributed by atoms with Gasteiger partial charge in [0.25, 0.3) is 5.89 Å². The van der Waals surface area contributed by atoms with E-state index in [1.807, 2.05) is 55.7 Å². The summed E-state index contributed by atoms with van der Waals surface area (Å²) < 4.78 is 11.6. The Kier molecular flexibility index (Phi) is 6.87. The molecule has 0 fully saturated rings. The van der Waals surface area contributed by atoms with Gasteiger partial charge in [-0.05, 0) is 42.9 Å². The van der Waals surface area contributed by atoms with Gasteiger partial charge in [-0.25, -0.2) is 15.0 Å². The summed E-state index contributed by atoms with van der Waals surface area (Å²) in [7, 11) is 1.86. The number of likely N-dealkylation sites (N-methyl/N-ethyl adjacent to an activating group) is 1. The molecular weight excluding hydrogens is 460 g/mol. The molecule has 3 aromatic heterocycles. The fourth-order valence-electron chi connectivity index (χ4n) is 4.00. The molecule has 0 saturated heterocycles. The zero-order valence-corrected chi connectivity index (χ0v) is 19.8. The summed E-state index contributed by atoms with van der Waals surface area (Å²) in [5, 5.41) is 13.5. The second kappa shape index (κ2) is 10.5. The number of fused-ring (bicyclic) bond motifs is 2. The Morgan fingerprint density at radius 2 is 2.11 bits per heavy atom. The predicted molar refractivity (Wildman–Crippen MR) is 135 cm³/mol. The van der Waals surface area contributed by atoms with Crippen molar-refractivity contribution in [2.45, 2.75) is 6.54 Å². The van der Waals surface area contributed by atoms with E-state index in [4.69, 9.17) is 9.15 Å². The maximum Gasteiger partial charge on any atom is 0.310 e. The van der Waals surface area contributed by atoms with Gasteiger partial charge in [0.2, 0.25) is 0 Å². The minimum absolute atomic E-state index is 0.0356. The van der Waals surface area contributed by atoms with Gasteiger partial charge in [0.05, 0.1) is 12.3 Å². The van der Waals surface area contributed by atoms with Gasteiger partial charge in [0, 0.05) is 36.8 Å². The number of rotatable bonds is 10. The SMILES string of the molecule is CNCCOc1cccc(CN(CCO)C(=O)c2nc3ccc(-c4ncnc5[nH]ccc45)cc3o2)c1. The van der Waals surface area contributed by atoms with Crippen LogP contribution in [0.4, 0.5) is 0 Å². The van der Waals surface area contributed by atoms with Crippen LogP contribution in [0.15, 0.2) is 65.5 Å². The summed E-state index contributed by atoms with van der Waals surface area (Å²) in [5.41, 5.74) is 4.23. The smallest absolute Gasteiger partial charge is 0.310 e. The second-order valence-corrected chi connectivity index (χ2v) is 8.21. The first-order chi connectivity index (χ1) is 17.7. The summed E-state index contributed by atoms with van der Waals surface area (Å²) in [5.74, 6) is 0.277. The number of hydrogen-bond donors (Lipinski definition) is 3. The lowest BCUT2D eigenvalue weighted by atomic mass is 10.1. The zero-order chi connectivity index (χ0) is 24.9. The third-order valence-electron chi connectivity index (χ3n) is 5.75. The molecule has 2 aromatic carbocycles. The van der Waals surface area contributed by atoms with Crippen LogP contribution in [0, 0.1) is 0 Å². The predicted octanol–water partition coefficient (Wildman–Crippen LogP) is 3.00. The van der Waals surface area contributed by atoms with E-state index in [9.17, 15) is 9.90 Å². The Balaban J connectivity index is 1.38. The maximum atomic E-state index is 13.3. The van der Waals surface area contributed by atoms with E-state index >= 15 is 0 Å². The lowest BCUT2D eigenvalue weighted by Crippen LogP contribution is -2.33. The minimum atomic E-state index is -0.404. The van der Waals surface area contributed by atoms with Crippen molar-refractivity contribution in [2.75, 3.05) is 33.4 Å². The molecule has 5 rings (SSSR count). The van der Waals surface area contributed by atoms with Crippen LogP contribution in [0.2, 0.25) is 0 Å². The average Bonchev–Trinajstić information content (AvgIpc) is 3.55. The summed E-state index contributed by atoms with van der Waals surface area (Å²) in [6.45, 7) is 1.49. The van der Waals surface area contributed by atoms with Gasteiger partial charge < -0.3 is 29.5 Å². The Bertz CT molecular complexity index is 1490. The molecule has 10 nitrogen and oxygen atoms in total. The van der Waals surface area contributed by atoms with Crippen LogP contribution < -0.4 is 10.1 Å². The lowest BCUT2D eigenvalue weighted by molar-refractivity contribution is 0.0670. The fraction of sp³-hybridized carbons (Fsp3) is 0.231. The first kappa shape index (κ1) is 23.5. The Morgan fingerprint density at radius 3 is 2.97 bits per heavy atom. The number of hydrogen-bond acceptors (Lipinski definition) is 8. The van der Waals surface area contributed by atoms with Crippen LogP contribution in [-0.4, -0.2) is 69.2 Å². The summed E-state index contributed by atoms with van der Waals surface area (Å²) in [6.07, 6.45) is 3.31. The van der Waals surface area contributed by atoms with E-state index in [1.165, 1.54) is 11.2 Å². The Labute approximate surface area is 207 Å². The van der Waals surface area contributed by atoms with E-state index < -0.39 is 5.91 Å². The lowest BCUT2D eigenvalue weighted by Gasteiger charge is -2.20. The number of aliphatic hydroxyl groups excluding tert-OH is 1. The number of nitrogens with zero attached hydrogens (tertiary/aromatic N) is 4. The molecule has 3 N–H and O–H groups in total. The van der Waals surface area contributed by atoms with Crippen LogP contribution in [0.25, 0.3) is 33.4 Å². The normalized spacial score (nSPS) is 11.3. The van der Waals surface area contributed by atoms with Crippen molar-refractivity contribution in [2.24, 2.45) is 0 Å². The number of benzene rings is 2. The molecule has 36 heavy (non-hydrogen) atoms. The quantitative estimate of drug-likeness (QED) is 0.257. The molecule has 1 amide bonds. The first-order valence-electron chi connectivity index (χ1n) is 11.6. The van der Waals surface area contributed by atoms with Crippen LogP contribution in [0.1, 0.15) is 16.2 Å². The van der Waals surface area contributed by atoms with Gasteiger partial charge in [0.15, 0.2) is 5.58 Å². The number of H-pyrrole nitrogens is 1. The number of carbonyl (C=O) groups excluding carboxylic acids is 1. The maximum absolute atomic E-state index is 13.3. The molecular formula is C26H26N6O4. The van der Waals surface area contributed by atoms with Gasteiger partial charge in [-0.15, -0.1) is 0 Å². The molecule has 0 bridgehead atoms. The minimum Gasteiger partial charge on any atom is -0.492 e. The third kappa shape index (κ3) is 4.90. The highest BCUT2D eigenvalue weighted by Gasteiger charge is 2.22. The highest BCUT2D eigenvalue weighted by molar-refractivity contribution is 5.95. The Morgan fingerprint density at radius 1 is 1.19 bits per heavy atom. The number of oxazole rings is 1. The molecule has 0 radical (unpaired) electrons. The number of nitrogens with one attached hydrogen (secondary N) is 2. The topological polar surface area (TPSA) is 129 Å². The summed E-state index contributed by atoms with van der Waals surface area (Å²) >= 11 is 0. The van der Waals surface area contributed by atoms with Crippen molar-refractivity contribution in [3.63, 3.8) is 0 Å². The summed E-state index contributed by atoms with van der Waals surface area (Å²) in [6, 6.07) is 15.0. The monoisotopic (exact) mass is 486 g/mol. The van der Waals surface area contributed by atoms with Crippen molar-refractivity contribution >= 4 is 28.0 Å². The fourth-order valence-corrected chi connectivity index (χ4v) is 4.00. The molecule has 0 spiro atoms. The molecule has 3 heterocycles. The van der Waals surface area contributed by atoms with E-state index in [-0.39, 0.29) is 25.6 Å². The zero-order valence-electron chi connectivity index (χ0n) is 19.8. The number of aliphatic hydroxyl groups is 1. The average molecular weight is 487 g/mol. The van der Waals surface area contributed by atoms with Gasteiger partial charge in [-0.2, -0.15) is 0 Å². The molecule has 184 valence electrons. The number of ether oxygens (including phenoxy) is 1. The number of carbonyl (C=O) groups is 1. The number of aromatic nitrogens is 4. The Hall–Kier alpha value is -4.28. The van der Waals surface area contributed by atoms with E-state index in [1.54, 1.807) is 6.07 Å². The molecule has 10 heteroatoms. The van der Waals surface area contributed by atoms with Gasteiger partial charge >= 0.3 is 5.91 Å². The van der Waals surface area contributed by atoms with Crippen LogP contribution in [-0.2, 0) is 6.54 Å². The van der Waals surface area contributed by atoms with Gasteiger partial charge in [-0.3, -0.25) is 4.79 Å². The molecule has 5 aromatic rings. The third-order valence-corrected chi connectivity index (χ3v) is 5.75. The van der Waals surface area contributed by atoms with Crippen LogP contribution in [0.3, 0.4) is 0 Å². The van der Waals surface area contributed by atoms with Crippen LogP contribution in [0.5, 0.6) is 5.75 Å². The van der Waals surface area contributed by atoms with Crippen molar-refractivity contribution in [1.82, 2.24) is 30.2 Å². The van der Waals surface area contributed by atoms with Gasteiger partial charge in [-0.1, -0.05) is 18.2 Å². The molecule has 0 aliphatic heterocycles. The molecule has 0 saturated carbocycles. The van der Waals surface area contributed by atoms with Crippen molar-refractivity contribution < 1.29 is 19.1 Å². The second-order valence-electron chi connectivity index (χ2n) is 8.21. The largest absolute Gasteiger partial charge is 0.492 e. The van der Waals surface area contributed by atoms with E-state index in [2.05, 4.69) is 25.3 Å². The van der Waals surface area contributed by atoms with Crippen molar-refractivity contribution in [3.8, 4) is 17.0 Å². The molecule has 0 atom stereocenters. The number of aromatic amines is 1. The van der Waals surface area contributed by atoms with E-state index in [0.717, 1.165) is 40.1 Å². The standard InChI is InChI=1S/C26H26N6O4/c1-27-9-12-35-19-4-2-3-17(13-19)15-32(10-11-33)26(34)25-31-21-6-5-18(14-22(21)36-25)23-20-7-8-28-24(20)30-16-29-23/h2-8,13-14,16,27,33H,9-12,15H2,1H3,(H,28,29,30). The highest BCUT2D eigenvalue weighted by atomic mass is 16.5. The first-order valence-corrected chi connectivity index (χ1v) is 11.6. The number of amides is 1. The molecule has 0 unspecified atom stereocenters. The van der Waals surface area contributed by atoms with Crippen LogP contribution >= 0.6 is 0 Å². The molecule has 0 aliphatic rings.